The molecule has 1 aromatic carbocycles. The molecule has 0 aliphatic carbocycles. The van der Waals surface area contributed by atoms with Crippen molar-refractivity contribution in [2.24, 2.45) is 0 Å². The number of halogens is 9. The lowest BCUT2D eigenvalue weighted by molar-refractivity contribution is -0.245. The fourth-order valence-electron chi connectivity index (χ4n) is 2.05. The van der Waals surface area contributed by atoms with E-state index in [1.54, 1.807) is 20.8 Å². The zero-order valence-corrected chi connectivity index (χ0v) is 19.9. The molecular formula is C15H15F9NO7S3-. The minimum absolute atomic E-state index is 0.479. The number of nitrogens with zero attached hydrogens (tertiary/aromatic N) is 1. The average Bonchev–Trinajstić information content (AvgIpc) is 2.65. The Morgan fingerprint density at radius 2 is 1.17 bits per heavy atom. The van der Waals surface area contributed by atoms with E-state index in [1.165, 1.54) is 0 Å². The minimum Gasteiger partial charge on any atom is -0.423 e. The van der Waals surface area contributed by atoms with E-state index in [1.807, 2.05) is 0 Å². The van der Waals surface area contributed by atoms with E-state index in [0.29, 0.717) is 28.2 Å². The van der Waals surface area contributed by atoms with Crippen molar-refractivity contribution in [2.75, 3.05) is 0 Å². The molecule has 0 bridgehead atoms. The normalized spacial score (nSPS) is 15.2. The summed E-state index contributed by atoms with van der Waals surface area (Å²) in [5, 5.41) is -14.6. The van der Waals surface area contributed by atoms with Crippen LogP contribution in [-0.4, -0.2) is 47.2 Å². The summed E-state index contributed by atoms with van der Waals surface area (Å²) in [6.07, 6.45) is 0.522. The lowest BCUT2D eigenvalue weighted by atomic mass is 9.82. The molecule has 0 aliphatic heterocycles. The van der Waals surface area contributed by atoms with Gasteiger partial charge in [-0.3, -0.25) is 0 Å². The van der Waals surface area contributed by atoms with Gasteiger partial charge in [0.15, 0.2) is 20.0 Å². The highest BCUT2D eigenvalue weighted by Gasteiger charge is 2.81. The number of alkyl halides is 9. The molecule has 8 nitrogen and oxygen atoms in total. The van der Waals surface area contributed by atoms with Crippen LogP contribution in [0.4, 0.5) is 39.5 Å². The maximum Gasteiger partial charge on any atom is 0.480 e. The highest BCUT2D eigenvalue weighted by atomic mass is 32.3. The molecule has 0 spiro atoms. The Morgan fingerprint density at radius 1 is 0.743 bits per heavy atom. The topological polar surface area (TPSA) is 126 Å². The van der Waals surface area contributed by atoms with Gasteiger partial charge in [-0.15, -0.1) is 0 Å². The van der Waals surface area contributed by atoms with Crippen LogP contribution in [0.5, 0.6) is 5.75 Å². The van der Waals surface area contributed by atoms with Crippen LogP contribution in [0.25, 0.3) is 4.13 Å². The van der Waals surface area contributed by atoms with Crippen LogP contribution in [0.15, 0.2) is 24.3 Å². The van der Waals surface area contributed by atoms with Gasteiger partial charge in [0.1, 0.15) is 5.75 Å². The van der Waals surface area contributed by atoms with Crippen molar-refractivity contribution >= 4 is 30.2 Å². The van der Waals surface area contributed by atoms with E-state index in [4.69, 9.17) is 0 Å². The third-order valence-electron chi connectivity index (χ3n) is 4.58. The largest absolute Gasteiger partial charge is 0.480 e. The first-order valence-electron chi connectivity index (χ1n) is 8.68. The van der Waals surface area contributed by atoms with E-state index < -0.39 is 63.3 Å². The summed E-state index contributed by atoms with van der Waals surface area (Å²) in [4.78, 5) is 0. The fraction of sp³-hybridized carbons (Fsp3) is 0.600. The highest BCUT2D eigenvalue weighted by Crippen LogP contribution is 2.53. The number of rotatable bonds is 10. The standard InChI is InChI=1S/C15H15F9NO7S3/c1-4-11(2,3)9-5-7-10(8-6-9)32-35(30,31)14(20,21)12(16,17)13(18,19)33(26,27)25-34(28,29)15(22,23)24/h5-8H,4H2,1-3H3/q-1. The quantitative estimate of drug-likeness (QED) is 0.292. The second kappa shape index (κ2) is 8.94. The molecule has 1 aromatic rings. The molecule has 0 unspecified atom stereocenters. The average molecular weight is 588 g/mol. The van der Waals surface area contributed by atoms with Gasteiger partial charge in [-0.25, -0.2) is 16.8 Å². The molecule has 0 amide bonds. The molecule has 0 saturated carbocycles. The second-order valence-corrected chi connectivity index (χ2v) is 12.4. The lowest BCUT2D eigenvalue weighted by Crippen LogP contribution is -2.61. The fourth-order valence-corrected chi connectivity index (χ4v) is 5.23. The molecule has 0 radical (unpaired) electrons. The van der Waals surface area contributed by atoms with Crippen molar-refractivity contribution in [3.63, 3.8) is 0 Å². The summed E-state index contributed by atoms with van der Waals surface area (Å²) in [5.74, 6) is -8.68. The predicted molar refractivity (Wildman–Crippen MR) is 101 cm³/mol. The number of sulfonamides is 2. The number of hydrogen-bond acceptors (Lipinski definition) is 7. The molecule has 0 aliphatic rings. The van der Waals surface area contributed by atoms with Crippen LogP contribution in [0.1, 0.15) is 32.8 Å². The van der Waals surface area contributed by atoms with E-state index in [-0.39, 0.29) is 0 Å². The summed E-state index contributed by atoms with van der Waals surface area (Å²) in [7, 11) is -22.6. The Hall–Kier alpha value is -1.80. The molecule has 0 N–H and O–H groups in total. The third kappa shape index (κ3) is 5.48. The van der Waals surface area contributed by atoms with Gasteiger partial charge in [-0.05, 0) is 29.5 Å². The van der Waals surface area contributed by atoms with Crippen molar-refractivity contribution in [3.05, 3.63) is 34.0 Å². The van der Waals surface area contributed by atoms with Gasteiger partial charge in [0.25, 0.3) is 0 Å². The summed E-state index contributed by atoms with van der Waals surface area (Å²) >= 11 is 0. The van der Waals surface area contributed by atoms with Gasteiger partial charge < -0.3 is 8.31 Å². The minimum atomic E-state index is -7.97. The van der Waals surface area contributed by atoms with Gasteiger partial charge >= 0.3 is 32.1 Å². The van der Waals surface area contributed by atoms with E-state index >= 15 is 0 Å². The van der Waals surface area contributed by atoms with Gasteiger partial charge in [-0.1, -0.05) is 32.9 Å². The third-order valence-corrected chi connectivity index (χ3v) is 8.94. The van der Waals surface area contributed by atoms with Crippen LogP contribution < -0.4 is 4.18 Å². The lowest BCUT2D eigenvalue weighted by Gasteiger charge is -2.35. The van der Waals surface area contributed by atoms with Crippen molar-refractivity contribution < 1.29 is 69.0 Å². The number of benzene rings is 1. The molecule has 0 aromatic heterocycles. The molecule has 0 fully saturated rings. The van der Waals surface area contributed by atoms with Gasteiger partial charge in [0.05, 0.1) is 0 Å². The first kappa shape index (κ1) is 31.2. The van der Waals surface area contributed by atoms with Crippen molar-refractivity contribution in [1.29, 1.82) is 0 Å². The van der Waals surface area contributed by atoms with Crippen LogP contribution in [0.2, 0.25) is 0 Å². The highest BCUT2D eigenvalue weighted by molar-refractivity contribution is 8.13. The maximum absolute atomic E-state index is 14.1. The van der Waals surface area contributed by atoms with E-state index in [2.05, 4.69) is 4.18 Å². The monoisotopic (exact) mass is 588 g/mol. The molecule has 0 heterocycles. The Labute approximate surface area is 193 Å². The molecule has 35 heavy (non-hydrogen) atoms. The summed E-state index contributed by atoms with van der Waals surface area (Å²) in [5.41, 5.74) is -6.76. The zero-order valence-electron chi connectivity index (χ0n) is 17.4. The van der Waals surface area contributed by atoms with E-state index in [9.17, 15) is 64.8 Å². The predicted octanol–water partition coefficient (Wildman–Crippen LogP) is 4.46. The molecule has 0 saturated heterocycles. The molecule has 0 atom stereocenters. The second-order valence-electron chi connectivity index (χ2n) is 7.38. The molecule has 20 heteroatoms. The summed E-state index contributed by atoms with van der Waals surface area (Å²) in [6.45, 7) is 5.17. The van der Waals surface area contributed by atoms with Crippen molar-refractivity contribution in [2.45, 2.75) is 54.5 Å². The Balaban J connectivity index is 3.44. The maximum atomic E-state index is 14.1. The van der Waals surface area contributed by atoms with Crippen molar-refractivity contribution in [3.8, 4) is 5.75 Å². The smallest absolute Gasteiger partial charge is 0.423 e. The molecule has 204 valence electrons. The molecule has 1 rings (SSSR count). The Kier molecular flexibility index (Phi) is 7.98. The van der Waals surface area contributed by atoms with Gasteiger partial charge in [0, 0.05) is 0 Å². The van der Waals surface area contributed by atoms with Gasteiger partial charge in [-0.2, -0.15) is 47.9 Å². The van der Waals surface area contributed by atoms with Crippen molar-refractivity contribution in [1.82, 2.24) is 0 Å². The Bertz CT molecular complexity index is 1260. The summed E-state index contributed by atoms with van der Waals surface area (Å²) < 4.78 is 192. The first-order valence-corrected chi connectivity index (χ1v) is 13.0. The summed E-state index contributed by atoms with van der Waals surface area (Å²) in [6, 6.07) is 3.59. The van der Waals surface area contributed by atoms with E-state index in [0.717, 1.165) is 12.1 Å². The first-order chi connectivity index (χ1) is 15.2. The Morgan fingerprint density at radius 3 is 1.54 bits per heavy atom. The van der Waals surface area contributed by atoms with Crippen LogP contribution in [0, 0.1) is 0 Å². The zero-order chi connectivity index (χ0) is 28.1. The van der Waals surface area contributed by atoms with Crippen LogP contribution in [0.3, 0.4) is 0 Å². The van der Waals surface area contributed by atoms with Crippen LogP contribution >= 0.6 is 0 Å². The molecular weight excluding hydrogens is 573 g/mol. The van der Waals surface area contributed by atoms with Crippen LogP contribution in [-0.2, 0) is 35.6 Å². The van der Waals surface area contributed by atoms with Gasteiger partial charge in [0.2, 0.25) is 0 Å². The SMILES string of the molecule is CCC(C)(C)c1ccc(OS(=O)(=O)C(F)(F)C(F)(F)C(F)(F)S(=O)(=O)[N-]S(=O)(=O)C(F)(F)F)cc1. The number of hydrogen-bond donors (Lipinski definition) is 0.